The molecule has 4 aromatic rings. The maximum absolute atomic E-state index is 13.8. The summed E-state index contributed by atoms with van der Waals surface area (Å²) in [7, 11) is 0. The van der Waals surface area contributed by atoms with E-state index in [4.69, 9.17) is 5.10 Å². The number of benzene rings is 3. The number of carbonyl (C=O) groups excluding carboxylic acids is 1. The summed E-state index contributed by atoms with van der Waals surface area (Å²) in [5, 5.41) is 9.22. The smallest absolute Gasteiger partial charge is 0.273 e. The van der Waals surface area contributed by atoms with Crippen LogP contribution in [0.5, 0.6) is 0 Å². The van der Waals surface area contributed by atoms with Gasteiger partial charge >= 0.3 is 11.4 Å². The van der Waals surface area contributed by atoms with Crippen LogP contribution < -0.4 is 11.4 Å². The predicted octanol–water partition coefficient (Wildman–Crippen LogP) is 4.21. The lowest BCUT2D eigenvalue weighted by molar-refractivity contribution is -0.131. The van der Waals surface area contributed by atoms with Gasteiger partial charge in [-0.1, -0.05) is 84.9 Å². The molecule has 190 valence electrons. The second-order valence-corrected chi connectivity index (χ2v) is 9.60. The molecule has 0 spiro atoms. The quantitative estimate of drug-likeness (QED) is 0.440. The van der Waals surface area contributed by atoms with E-state index >= 15 is 0 Å². The Labute approximate surface area is 219 Å². The lowest BCUT2D eigenvalue weighted by Gasteiger charge is -2.30. The Balaban J connectivity index is 1.51. The average Bonchev–Trinajstić information content (AvgIpc) is 3.48. The zero-order chi connectivity index (χ0) is 26.2. The Bertz CT molecular complexity index is 1650. The highest BCUT2D eigenvalue weighted by atomic mass is 16.2. The van der Waals surface area contributed by atoms with Crippen LogP contribution in [-0.2, 0) is 4.79 Å². The van der Waals surface area contributed by atoms with Gasteiger partial charge in [0, 0.05) is 18.4 Å². The number of H-pyrrole nitrogens is 1. The van der Waals surface area contributed by atoms with Crippen LogP contribution in [0, 0.1) is 5.92 Å². The maximum atomic E-state index is 13.8. The largest absolute Gasteiger partial charge is 0.352 e. The van der Waals surface area contributed by atoms with Crippen molar-refractivity contribution in [3.8, 4) is 5.69 Å². The summed E-state index contributed by atoms with van der Waals surface area (Å²) in [6, 6.07) is 27.5. The number of allylic oxidation sites excluding steroid dienone is 2. The first kappa shape index (κ1) is 23.7. The highest BCUT2D eigenvalue weighted by Crippen LogP contribution is 2.45. The molecule has 0 fully saturated rings. The minimum Gasteiger partial charge on any atom is -0.273 e. The topological polar surface area (TPSA) is 92.5 Å². The first-order chi connectivity index (χ1) is 18.5. The van der Waals surface area contributed by atoms with Crippen molar-refractivity contribution in [2.45, 2.75) is 31.8 Å². The summed E-state index contributed by atoms with van der Waals surface area (Å²) in [5.74, 6) is -0.177. The summed E-state index contributed by atoms with van der Waals surface area (Å²) < 4.78 is 2.53. The molecule has 1 aromatic heterocycles. The van der Waals surface area contributed by atoms with Gasteiger partial charge in [0.25, 0.3) is 0 Å². The van der Waals surface area contributed by atoms with Gasteiger partial charge < -0.3 is 0 Å². The van der Waals surface area contributed by atoms with E-state index in [0.717, 1.165) is 39.8 Å². The van der Waals surface area contributed by atoms with Crippen molar-refractivity contribution >= 4 is 11.6 Å². The molecule has 3 atom stereocenters. The molecule has 38 heavy (non-hydrogen) atoms. The third-order valence-electron chi connectivity index (χ3n) is 7.31. The molecule has 1 N–H and O–H groups in total. The normalized spacial score (nSPS) is 19.4. The van der Waals surface area contributed by atoms with Crippen LogP contribution in [0.2, 0.25) is 0 Å². The van der Waals surface area contributed by atoms with E-state index in [1.54, 1.807) is 29.3 Å². The molecule has 0 radical (unpaired) electrons. The lowest BCUT2D eigenvalue weighted by atomic mass is 9.77. The van der Waals surface area contributed by atoms with E-state index in [1.807, 2.05) is 66.7 Å². The molecule has 2 heterocycles. The summed E-state index contributed by atoms with van der Waals surface area (Å²) in [4.78, 5) is 39.6. The third kappa shape index (κ3) is 3.94. The molecule has 0 saturated carbocycles. The highest BCUT2D eigenvalue weighted by Gasteiger charge is 2.44. The minimum absolute atomic E-state index is 0.0360. The van der Waals surface area contributed by atoms with Crippen LogP contribution in [0.15, 0.2) is 117 Å². The van der Waals surface area contributed by atoms with Crippen molar-refractivity contribution < 1.29 is 4.79 Å². The van der Waals surface area contributed by atoms with E-state index in [1.165, 1.54) is 11.6 Å². The monoisotopic (exact) mass is 505 g/mol. The minimum atomic E-state index is -0.619. The van der Waals surface area contributed by atoms with Crippen molar-refractivity contribution in [3.05, 3.63) is 135 Å². The van der Waals surface area contributed by atoms with Crippen LogP contribution in [0.25, 0.3) is 5.69 Å². The fourth-order valence-corrected chi connectivity index (χ4v) is 5.68. The summed E-state index contributed by atoms with van der Waals surface area (Å²) in [5.41, 5.74) is 2.95. The number of aromatic amines is 1. The van der Waals surface area contributed by atoms with Gasteiger partial charge in [0.1, 0.15) is 6.04 Å². The van der Waals surface area contributed by atoms with Gasteiger partial charge in [-0.2, -0.15) is 5.10 Å². The number of hydrazone groups is 1. The third-order valence-corrected chi connectivity index (χ3v) is 7.31. The Morgan fingerprint density at radius 3 is 2.21 bits per heavy atom. The van der Waals surface area contributed by atoms with Gasteiger partial charge in [-0.05, 0) is 36.1 Å². The fraction of sp³-hybridized carbons (Fsp3) is 0.200. The molecule has 2 aliphatic rings. The molecule has 8 heteroatoms. The van der Waals surface area contributed by atoms with Crippen molar-refractivity contribution in [3.63, 3.8) is 0 Å². The Hall–Kier alpha value is -4.72. The molecule has 3 aromatic carbocycles. The number of amides is 1. The summed E-state index contributed by atoms with van der Waals surface area (Å²) in [6.45, 7) is 1.53. The first-order valence-electron chi connectivity index (χ1n) is 12.7. The van der Waals surface area contributed by atoms with Crippen LogP contribution in [0.4, 0.5) is 0 Å². The van der Waals surface area contributed by atoms with Crippen molar-refractivity contribution in [1.82, 2.24) is 19.4 Å². The molecule has 0 bridgehead atoms. The number of hydrogen-bond donors (Lipinski definition) is 1. The van der Waals surface area contributed by atoms with Crippen molar-refractivity contribution in [2.24, 2.45) is 11.0 Å². The van der Waals surface area contributed by atoms with Crippen LogP contribution >= 0.6 is 0 Å². The number of nitrogens with one attached hydrogen (secondary N) is 1. The molecular weight excluding hydrogens is 478 g/mol. The number of nitrogens with zero attached hydrogens (tertiary/aromatic N) is 4. The number of rotatable bonds is 5. The first-order valence-corrected chi connectivity index (χ1v) is 12.7. The molecule has 1 aliphatic carbocycles. The van der Waals surface area contributed by atoms with Crippen LogP contribution in [0.3, 0.4) is 0 Å². The van der Waals surface area contributed by atoms with Gasteiger partial charge in [-0.15, -0.1) is 0 Å². The van der Waals surface area contributed by atoms with E-state index in [2.05, 4.69) is 11.2 Å². The summed E-state index contributed by atoms with van der Waals surface area (Å²) >= 11 is 0. The summed E-state index contributed by atoms with van der Waals surface area (Å²) in [6.07, 6.45) is 3.67. The SMILES string of the molecule is CC(=O)N1N=C2C(C(c3ccccc3)n3[nH]c(=O)n(-c4ccccc4)c3=O)=CCCC2C1c1ccccc1. The van der Waals surface area contributed by atoms with Gasteiger partial charge in [0.05, 0.1) is 17.4 Å². The standard InChI is InChI=1S/C30H27N5O3/c1-20(36)34-27(21-12-5-2-6-13-21)24-18-11-19-25(26(24)31-34)28(22-14-7-3-8-15-22)35-30(38)33(29(37)32-35)23-16-9-4-10-17-23/h2-10,12-17,19,24,27-28H,11,18H2,1H3,(H,32,37). The van der Waals surface area contributed by atoms with E-state index in [0.29, 0.717) is 5.69 Å². The lowest BCUT2D eigenvalue weighted by Crippen LogP contribution is -2.34. The molecular formula is C30H27N5O3. The molecule has 1 amide bonds. The number of aromatic nitrogens is 3. The zero-order valence-corrected chi connectivity index (χ0v) is 20.9. The molecule has 8 nitrogen and oxygen atoms in total. The van der Waals surface area contributed by atoms with Gasteiger partial charge in [0.15, 0.2) is 0 Å². The second-order valence-electron chi connectivity index (χ2n) is 9.60. The second kappa shape index (κ2) is 9.63. The molecule has 3 unspecified atom stereocenters. The number of fused-ring (bicyclic) bond motifs is 1. The van der Waals surface area contributed by atoms with Crippen molar-refractivity contribution in [1.29, 1.82) is 0 Å². The molecule has 6 rings (SSSR count). The number of carbonyl (C=O) groups is 1. The fourth-order valence-electron chi connectivity index (χ4n) is 5.68. The van der Waals surface area contributed by atoms with Gasteiger partial charge in [-0.25, -0.2) is 28.9 Å². The van der Waals surface area contributed by atoms with Crippen LogP contribution in [0.1, 0.15) is 43.0 Å². The average molecular weight is 506 g/mol. The van der Waals surface area contributed by atoms with E-state index in [9.17, 15) is 14.4 Å². The maximum Gasteiger partial charge on any atom is 0.352 e. The number of hydrogen-bond acceptors (Lipinski definition) is 4. The van der Waals surface area contributed by atoms with E-state index < -0.39 is 17.4 Å². The van der Waals surface area contributed by atoms with Crippen LogP contribution in [-0.4, -0.2) is 31.0 Å². The molecule has 1 aliphatic heterocycles. The van der Waals surface area contributed by atoms with Crippen molar-refractivity contribution in [2.75, 3.05) is 0 Å². The predicted molar refractivity (Wildman–Crippen MR) is 145 cm³/mol. The molecule has 0 saturated heterocycles. The van der Waals surface area contributed by atoms with E-state index in [-0.39, 0.29) is 17.9 Å². The highest BCUT2D eigenvalue weighted by molar-refractivity contribution is 6.06. The Morgan fingerprint density at radius 1 is 0.921 bits per heavy atom. The van der Waals surface area contributed by atoms with Gasteiger partial charge in [0.2, 0.25) is 5.91 Å². The Kier molecular flexibility index (Phi) is 5.99. The zero-order valence-electron chi connectivity index (χ0n) is 20.9. The Morgan fingerprint density at radius 2 is 1.55 bits per heavy atom. The van der Waals surface area contributed by atoms with Gasteiger partial charge in [-0.3, -0.25) is 4.79 Å². The number of para-hydroxylation sites is 1.